The standard InChI is InChI=1S/C13H19FN2O3S/c1-9-12(14)6-11(7-13(9)15)20(18,19)16-5-3-2-4-10(16)8-17/h6-7,10,17H,2-5,8,15H2,1H3. The second-order valence-electron chi connectivity index (χ2n) is 5.07. The van der Waals surface area contributed by atoms with Crippen LogP contribution in [0.3, 0.4) is 0 Å². The molecule has 0 radical (unpaired) electrons. The van der Waals surface area contributed by atoms with E-state index < -0.39 is 21.9 Å². The highest BCUT2D eigenvalue weighted by molar-refractivity contribution is 7.89. The van der Waals surface area contributed by atoms with Crippen molar-refractivity contribution in [2.24, 2.45) is 0 Å². The van der Waals surface area contributed by atoms with Crippen molar-refractivity contribution >= 4 is 15.7 Å². The van der Waals surface area contributed by atoms with Crippen LogP contribution < -0.4 is 5.73 Å². The average molecular weight is 302 g/mol. The van der Waals surface area contributed by atoms with Crippen LogP contribution in [-0.4, -0.2) is 37.0 Å². The molecular weight excluding hydrogens is 283 g/mol. The molecule has 0 spiro atoms. The first kappa shape index (κ1) is 15.2. The van der Waals surface area contributed by atoms with Crippen LogP contribution in [0, 0.1) is 12.7 Å². The zero-order chi connectivity index (χ0) is 14.9. The maximum atomic E-state index is 13.7. The van der Waals surface area contributed by atoms with E-state index in [2.05, 4.69) is 0 Å². The van der Waals surface area contributed by atoms with Gasteiger partial charge in [0, 0.05) is 23.8 Å². The Balaban J connectivity index is 2.44. The fraction of sp³-hybridized carbons (Fsp3) is 0.538. The van der Waals surface area contributed by atoms with Gasteiger partial charge in [-0.25, -0.2) is 12.8 Å². The number of halogens is 1. The molecule has 1 fully saturated rings. The third-order valence-corrected chi connectivity index (χ3v) is 5.68. The number of hydrogen-bond donors (Lipinski definition) is 2. The summed E-state index contributed by atoms with van der Waals surface area (Å²) >= 11 is 0. The minimum Gasteiger partial charge on any atom is -0.398 e. The molecule has 1 aromatic carbocycles. The summed E-state index contributed by atoms with van der Waals surface area (Å²) in [6.07, 6.45) is 2.22. The molecule has 112 valence electrons. The molecule has 1 aromatic rings. The number of benzene rings is 1. The Bertz CT molecular complexity index is 581. The van der Waals surface area contributed by atoms with Gasteiger partial charge < -0.3 is 10.8 Å². The molecule has 1 unspecified atom stereocenters. The quantitative estimate of drug-likeness (QED) is 0.823. The zero-order valence-corrected chi connectivity index (χ0v) is 12.2. The van der Waals surface area contributed by atoms with Crippen molar-refractivity contribution in [1.29, 1.82) is 0 Å². The van der Waals surface area contributed by atoms with Crippen LogP contribution in [0.25, 0.3) is 0 Å². The van der Waals surface area contributed by atoms with Gasteiger partial charge in [0.05, 0.1) is 11.5 Å². The summed E-state index contributed by atoms with van der Waals surface area (Å²) < 4.78 is 40.1. The molecule has 0 bridgehead atoms. The van der Waals surface area contributed by atoms with Gasteiger partial charge in [-0.2, -0.15) is 4.31 Å². The van der Waals surface area contributed by atoms with E-state index in [1.807, 2.05) is 0 Å². The number of anilines is 1. The van der Waals surface area contributed by atoms with Crippen LogP contribution in [0.5, 0.6) is 0 Å². The molecule has 3 N–H and O–H groups in total. The first-order valence-electron chi connectivity index (χ1n) is 6.56. The molecule has 1 atom stereocenters. The number of nitrogen functional groups attached to an aromatic ring is 1. The molecule has 5 nitrogen and oxygen atoms in total. The molecule has 20 heavy (non-hydrogen) atoms. The third-order valence-electron chi connectivity index (χ3n) is 3.75. The molecule has 0 saturated carbocycles. The molecule has 0 amide bonds. The first-order chi connectivity index (χ1) is 9.37. The van der Waals surface area contributed by atoms with Gasteiger partial charge in [0.2, 0.25) is 10.0 Å². The van der Waals surface area contributed by atoms with Gasteiger partial charge in [-0.15, -0.1) is 0 Å². The molecule has 1 aliphatic rings. The average Bonchev–Trinajstić information content (AvgIpc) is 2.44. The van der Waals surface area contributed by atoms with Crippen LogP contribution in [0.4, 0.5) is 10.1 Å². The number of nitrogens with zero attached hydrogens (tertiary/aromatic N) is 1. The Hall–Kier alpha value is -1.18. The van der Waals surface area contributed by atoms with E-state index in [9.17, 15) is 17.9 Å². The fourth-order valence-corrected chi connectivity index (χ4v) is 4.16. The van der Waals surface area contributed by atoms with E-state index in [0.29, 0.717) is 13.0 Å². The van der Waals surface area contributed by atoms with Gasteiger partial charge in [0.15, 0.2) is 0 Å². The smallest absolute Gasteiger partial charge is 0.243 e. The minimum atomic E-state index is -3.83. The highest BCUT2D eigenvalue weighted by Crippen LogP contribution is 2.28. The molecule has 7 heteroatoms. The summed E-state index contributed by atoms with van der Waals surface area (Å²) in [5.41, 5.74) is 5.99. The highest BCUT2D eigenvalue weighted by atomic mass is 32.2. The third kappa shape index (κ3) is 2.65. The van der Waals surface area contributed by atoms with Gasteiger partial charge >= 0.3 is 0 Å². The topological polar surface area (TPSA) is 83.6 Å². The van der Waals surface area contributed by atoms with Gasteiger partial charge in [-0.3, -0.25) is 0 Å². The monoisotopic (exact) mass is 302 g/mol. The van der Waals surface area contributed by atoms with Gasteiger partial charge in [0.1, 0.15) is 5.82 Å². The van der Waals surface area contributed by atoms with Crippen molar-refractivity contribution in [3.05, 3.63) is 23.5 Å². The lowest BCUT2D eigenvalue weighted by molar-refractivity contribution is 0.155. The van der Waals surface area contributed by atoms with E-state index >= 15 is 0 Å². The van der Waals surface area contributed by atoms with Crippen LogP contribution in [0.1, 0.15) is 24.8 Å². The molecule has 1 saturated heterocycles. The maximum absolute atomic E-state index is 13.7. The Labute approximate surface area is 118 Å². The van der Waals surface area contributed by atoms with Crippen molar-refractivity contribution in [3.8, 4) is 0 Å². The second kappa shape index (κ2) is 5.67. The molecule has 1 heterocycles. The SMILES string of the molecule is Cc1c(N)cc(S(=O)(=O)N2CCCCC2CO)cc1F. The number of aliphatic hydroxyl groups is 1. The molecular formula is C13H19FN2O3S. The predicted molar refractivity (Wildman–Crippen MR) is 74.2 cm³/mol. The molecule has 2 rings (SSSR count). The summed E-state index contributed by atoms with van der Waals surface area (Å²) in [7, 11) is -3.83. The normalized spacial score (nSPS) is 21.1. The number of sulfonamides is 1. The van der Waals surface area contributed by atoms with E-state index in [4.69, 9.17) is 5.73 Å². The van der Waals surface area contributed by atoms with Crippen molar-refractivity contribution in [2.75, 3.05) is 18.9 Å². The largest absolute Gasteiger partial charge is 0.398 e. The number of aliphatic hydroxyl groups excluding tert-OH is 1. The summed E-state index contributed by atoms with van der Waals surface area (Å²) in [5, 5.41) is 9.32. The molecule has 0 aromatic heterocycles. The Morgan fingerprint density at radius 2 is 2.15 bits per heavy atom. The molecule has 1 aliphatic heterocycles. The van der Waals surface area contributed by atoms with Crippen LogP contribution in [0.15, 0.2) is 17.0 Å². The lowest BCUT2D eigenvalue weighted by Crippen LogP contribution is -2.45. The van der Waals surface area contributed by atoms with Gasteiger partial charge in [-0.1, -0.05) is 6.42 Å². The Morgan fingerprint density at radius 1 is 1.45 bits per heavy atom. The van der Waals surface area contributed by atoms with Crippen molar-refractivity contribution in [2.45, 2.75) is 37.1 Å². The fourth-order valence-electron chi connectivity index (χ4n) is 2.43. The number of piperidine rings is 1. The second-order valence-corrected chi connectivity index (χ2v) is 6.96. The Morgan fingerprint density at radius 3 is 2.75 bits per heavy atom. The van der Waals surface area contributed by atoms with Crippen LogP contribution >= 0.6 is 0 Å². The van der Waals surface area contributed by atoms with Crippen molar-refractivity contribution in [3.63, 3.8) is 0 Å². The van der Waals surface area contributed by atoms with Gasteiger partial charge in [-0.05, 0) is 31.9 Å². The minimum absolute atomic E-state index is 0.112. The number of nitrogens with two attached hydrogens (primary N) is 1. The zero-order valence-electron chi connectivity index (χ0n) is 11.3. The van der Waals surface area contributed by atoms with E-state index in [-0.39, 0.29) is 22.8 Å². The number of rotatable bonds is 3. The first-order valence-corrected chi connectivity index (χ1v) is 8.00. The van der Waals surface area contributed by atoms with E-state index in [0.717, 1.165) is 18.9 Å². The Kier molecular flexibility index (Phi) is 4.31. The lowest BCUT2D eigenvalue weighted by atomic mass is 10.1. The molecule has 0 aliphatic carbocycles. The maximum Gasteiger partial charge on any atom is 0.243 e. The summed E-state index contributed by atoms with van der Waals surface area (Å²) in [6.45, 7) is 1.60. The predicted octanol–water partition coefficient (Wildman–Crippen LogP) is 1.25. The summed E-state index contributed by atoms with van der Waals surface area (Å²) in [4.78, 5) is -0.154. The van der Waals surface area contributed by atoms with Crippen LogP contribution in [0.2, 0.25) is 0 Å². The van der Waals surface area contributed by atoms with Crippen molar-refractivity contribution < 1.29 is 17.9 Å². The summed E-state index contributed by atoms with van der Waals surface area (Å²) in [6, 6.07) is 1.82. The van der Waals surface area contributed by atoms with Crippen molar-refractivity contribution in [1.82, 2.24) is 4.31 Å². The van der Waals surface area contributed by atoms with E-state index in [1.54, 1.807) is 0 Å². The van der Waals surface area contributed by atoms with Crippen LogP contribution in [-0.2, 0) is 10.0 Å². The number of hydrogen-bond acceptors (Lipinski definition) is 4. The van der Waals surface area contributed by atoms with Gasteiger partial charge in [0.25, 0.3) is 0 Å². The lowest BCUT2D eigenvalue weighted by Gasteiger charge is -2.33. The highest BCUT2D eigenvalue weighted by Gasteiger charge is 2.33. The van der Waals surface area contributed by atoms with E-state index in [1.165, 1.54) is 17.3 Å². The summed E-state index contributed by atoms with van der Waals surface area (Å²) in [5.74, 6) is -0.638.